The topological polar surface area (TPSA) is 111 Å². The predicted octanol–water partition coefficient (Wildman–Crippen LogP) is -1.29. The van der Waals surface area contributed by atoms with Crippen LogP contribution in [0.25, 0.3) is 0 Å². The van der Waals surface area contributed by atoms with Crippen LogP contribution in [-0.4, -0.2) is 44.0 Å². The molecule has 1 saturated carbocycles. The zero-order chi connectivity index (χ0) is 14.0. The third-order valence-electron chi connectivity index (χ3n) is 3.70. The summed E-state index contributed by atoms with van der Waals surface area (Å²) in [7, 11) is 0. The number of aliphatic hydroxyl groups excluding tert-OH is 2. The second-order valence-electron chi connectivity index (χ2n) is 4.69. The minimum atomic E-state index is -3.30. The number of nitrogens with zero attached hydrogens (tertiary/aromatic N) is 2. The van der Waals surface area contributed by atoms with E-state index in [4.69, 9.17) is 15.6 Å². The zero-order valence-corrected chi connectivity index (χ0v) is 9.53. The molecule has 1 saturated heterocycles. The van der Waals surface area contributed by atoms with Crippen molar-refractivity contribution in [2.75, 3.05) is 12.3 Å². The Balaban J connectivity index is 1.96. The number of alkyl halides is 2. The van der Waals surface area contributed by atoms with Gasteiger partial charge in [0.05, 0.1) is 12.5 Å². The van der Waals surface area contributed by atoms with Gasteiger partial charge in [-0.05, 0) is 6.07 Å². The maximum atomic E-state index is 13.4. The van der Waals surface area contributed by atoms with E-state index in [1.54, 1.807) is 0 Å². The number of halogens is 2. The van der Waals surface area contributed by atoms with Gasteiger partial charge in [0.2, 0.25) is 0 Å². The summed E-state index contributed by atoms with van der Waals surface area (Å²) in [6.07, 6.45) is -1.71. The van der Waals surface area contributed by atoms with Crippen molar-refractivity contribution in [1.82, 2.24) is 9.55 Å². The Morgan fingerprint density at radius 2 is 2.26 bits per heavy atom. The van der Waals surface area contributed by atoms with Crippen molar-refractivity contribution in [2.24, 2.45) is 5.92 Å². The first kappa shape index (κ1) is 12.5. The number of aliphatic hydroxyl groups is 2. The van der Waals surface area contributed by atoms with Crippen LogP contribution in [0.5, 0.6) is 0 Å². The summed E-state index contributed by atoms with van der Waals surface area (Å²) in [5.41, 5.74) is 2.37. The number of nitrogens with two attached hydrogens (primary N) is 1. The van der Waals surface area contributed by atoms with Gasteiger partial charge in [-0.25, -0.2) is 13.6 Å². The Labute approximate surface area is 105 Å². The van der Waals surface area contributed by atoms with Crippen LogP contribution in [0.1, 0.15) is 6.23 Å². The van der Waals surface area contributed by atoms with Crippen LogP contribution in [0.4, 0.5) is 14.6 Å². The number of hydrogen-bond acceptors (Lipinski definition) is 6. The highest BCUT2D eigenvalue weighted by Gasteiger charge is 2.89. The van der Waals surface area contributed by atoms with Gasteiger partial charge in [-0.2, -0.15) is 4.98 Å². The van der Waals surface area contributed by atoms with Crippen LogP contribution >= 0.6 is 0 Å². The molecule has 4 atom stereocenters. The van der Waals surface area contributed by atoms with Gasteiger partial charge in [-0.1, -0.05) is 0 Å². The standard InChI is InChI=1S/C10H11F2N3O4/c11-10(12)6-5(17)7(19-9(6,10)3-16)15-2-1-4(13)14-8(15)18/h1-2,5-7,16-17H,3H2,(H2,13,14,18)/t5-,6+,7-,9-/m1/s1. The maximum absolute atomic E-state index is 13.4. The molecule has 1 aromatic heterocycles. The van der Waals surface area contributed by atoms with E-state index in [1.165, 1.54) is 12.3 Å². The molecule has 9 heteroatoms. The normalized spacial score (nSPS) is 39.1. The van der Waals surface area contributed by atoms with Crippen molar-refractivity contribution >= 4 is 5.82 Å². The predicted molar refractivity (Wildman–Crippen MR) is 57.3 cm³/mol. The molecule has 3 rings (SSSR count). The summed E-state index contributed by atoms with van der Waals surface area (Å²) in [5.74, 6) is -4.86. The molecule has 0 spiro atoms. The monoisotopic (exact) mass is 275 g/mol. The van der Waals surface area contributed by atoms with E-state index < -0.39 is 42.1 Å². The molecule has 1 aliphatic heterocycles. The van der Waals surface area contributed by atoms with Crippen molar-refractivity contribution in [3.63, 3.8) is 0 Å². The summed E-state index contributed by atoms with van der Waals surface area (Å²) in [5, 5.41) is 18.9. The van der Waals surface area contributed by atoms with Crippen molar-refractivity contribution in [2.45, 2.75) is 23.9 Å². The highest BCUT2D eigenvalue weighted by atomic mass is 19.3. The lowest BCUT2D eigenvalue weighted by Crippen LogP contribution is -2.38. The Kier molecular flexibility index (Phi) is 2.29. The van der Waals surface area contributed by atoms with E-state index >= 15 is 0 Å². The van der Waals surface area contributed by atoms with Crippen molar-refractivity contribution in [1.29, 1.82) is 0 Å². The fourth-order valence-electron chi connectivity index (χ4n) is 2.63. The summed E-state index contributed by atoms with van der Waals surface area (Å²) in [6.45, 7) is -0.935. The van der Waals surface area contributed by atoms with Gasteiger partial charge < -0.3 is 20.7 Å². The molecule has 0 unspecified atom stereocenters. The van der Waals surface area contributed by atoms with E-state index in [0.717, 1.165) is 4.57 Å². The van der Waals surface area contributed by atoms with Crippen molar-refractivity contribution < 1.29 is 23.7 Å². The minimum absolute atomic E-state index is 0.0268. The second-order valence-corrected chi connectivity index (χ2v) is 4.69. The quantitative estimate of drug-likeness (QED) is 0.619. The van der Waals surface area contributed by atoms with Gasteiger partial charge in [-0.15, -0.1) is 0 Å². The number of anilines is 1. The van der Waals surface area contributed by atoms with Crippen LogP contribution < -0.4 is 11.4 Å². The van der Waals surface area contributed by atoms with Crippen molar-refractivity contribution in [3.05, 3.63) is 22.7 Å². The first-order valence-corrected chi connectivity index (χ1v) is 5.54. The van der Waals surface area contributed by atoms with E-state index in [0.29, 0.717) is 0 Å². The smallest absolute Gasteiger partial charge is 0.351 e. The fourth-order valence-corrected chi connectivity index (χ4v) is 2.63. The maximum Gasteiger partial charge on any atom is 0.351 e. The first-order valence-electron chi connectivity index (χ1n) is 5.54. The minimum Gasteiger partial charge on any atom is -0.393 e. The number of hydrogen-bond donors (Lipinski definition) is 3. The van der Waals surface area contributed by atoms with Crippen LogP contribution in [0.2, 0.25) is 0 Å². The molecule has 2 aliphatic rings. The Morgan fingerprint density at radius 3 is 2.79 bits per heavy atom. The Hall–Kier alpha value is -1.58. The Morgan fingerprint density at radius 1 is 1.58 bits per heavy atom. The molecule has 0 amide bonds. The highest BCUT2D eigenvalue weighted by Crippen LogP contribution is 2.69. The molecule has 0 bridgehead atoms. The third-order valence-corrected chi connectivity index (χ3v) is 3.70. The Bertz CT molecular complexity index is 592. The fraction of sp³-hybridized carbons (Fsp3) is 0.600. The molecule has 2 fully saturated rings. The average Bonchev–Trinajstić information content (AvgIpc) is 2.64. The molecule has 2 heterocycles. The molecule has 19 heavy (non-hydrogen) atoms. The van der Waals surface area contributed by atoms with E-state index in [9.17, 15) is 18.7 Å². The van der Waals surface area contributed by atoms with Gasteiger partial charge in [-0.3, -0.25) is 4.57 Å². The molecule has 4 N–H and O–H groups in total. The average molecular weight is 275 g/mol. The number of nitrogen functional groups attached to an aromatic ring is 1. The van der Waals surface area contributed by atoms with Gasteiger partial charge in [0.25, 0.3) is 5.92 Å². The molecular weight excluding hydrogens is 264 g/mol. The highest BCUT2D eigenvalue weighted by molar-refractivity contribution is 5.29. The molecule has 104 valence electrons. The largest absolute Gasteiger partial charge is 0.393 e. The van der Waals surface area contributed by atoms with E-state index in [2.05, 4.69) is 4.98 Å². The van der Waals surface area contributed by atoms with Gasteiger partial charge >= 0.3 is 5.69 Å². The molecule has 0 aromatic carbocycles. The number of aromatic nitrogens is 2. The summed E-state index contributed by atoms with van der Waals surface area (Å²) in [4.78, 5) is 15.0. The first-order chi connectivity index (χ1) is 8.85. The SMILES string of the molecule is Nc1ccn([C@@H]2O[C@]3(CO)[C@H]([C@H]2O)C3(F)F)c(=O)n1. The van der Waals surface area contributed by atoms with Crippen LogP contribution in [-0.2, 0) is 4.74 Å². The van der Waals surface area contributed by atoms with Gasteiger partial charge in [0.15, 0.2) is 11.8 Å². The molecule has 1 aromatic rings. The van der Waals surface area contributed by atoms with E-state index in [1.807, 2.05) is 0 Å². The van der Waals surface area contributed by atoms with Crippen LogP contribution in [0.3, 0.4) is 0 Å². The number of ether oxygens (including phenoxy) is 1. The molecule has 7 nitrogen and oxygen atoms in total. The van der Waals surface area contributed by atoms with Crippen molar-refractivity contribution in [3.8, 4) is 0 Å². The summed E-state index contributed by atoms with van der Waals surface area (Å²) in [6, 6.07) is 1.28. The van der Waals surface area contributed by atoms with E-state index in [-0.39, 0.29) is 5.82 Å². The number of fused-ring (bicyclic) bond motifs is 1. The summed E-state index contributed by atoms with van der Waals surface area (Å²) < 4.78 is 32.8. The zero-order valence-electron chi connectivity index (χ0n) is 9.53. The molecule has 0 radical (unpaired) electrons. The third kappa shape index (κ3) is 1.34. The molecular formula is C10H11F2N3O4. The van der Waals surface area contributed by atoms with Crippen LogP contribution in [0.15, 0.2) is 17.1 Å². The summed E-state index contributed by atoms with van der Waals surface area (Å²) >= 11 is 0. The lowest BCUT2D eigenvalue weighted by atomic mass is 10.2. The number of rotatable bonds is 2. The van der Waals surface area contributed by atoms with Crippen LogP contribution in [0, 0.1) is 5.92 Å². The lowest BCUT2D eigenvalue weighted by molar-refractivity contribution is -0.158. The molecule has 1 aliphatic carbocycles. The van der Waals surface area contributed by atoms with Gasteiger partial charge in [0, 0.05) is 6.20 Å². The lowest BCUT2D eigenvalue weighted by Gasteiger charge is -2.23. The second kappa shape index (κ2) is 3.50. The van der Waals surface area contributed by atoms with Gasteiger partial charge in [0.1, 0.15) is 11.9 Å².